The minimum Gasteiger partial charge on any atom is -0.337 e. The van der Waals surface area contributed by atoms with Crippen molar-refractivity contribution in [1.82, 2.24) is 25.0 Å². The summed E-state index contributed by atoms with van der Waals surface area (Å²) in [7, 11) is 3.63. The summed E-state index contributed by atoms with van der Waals surface area (Å²) < 4.78 is 1.67. The van der Waals surface area contributed by atoms with Crippen molar-refractivity contribution in [2.24, 2.45) is 13.0 Å². The molecule has 110 valence electrons. The van der Waals surface area contributed by atoms with Crippen molar-refractivity contribution in [2.75, 3.05) is 13.6 Å². The number of likely N-dealkylation sites (N-methyl/N-ethyl adjacent to an activating group) is 1. The van der Waals surface area contributed by atoms with Gasteiger partial charge in [-0.3, -0.25) is 14.4 Å². The van der Waals surface area contributed by atoms with E-state index >= 15 is 0 Å². The minimum atomic E-state index is -0.845. The van der Waals surface area contributed by atoms with Crippen molar-refractivity contribution in [3.63, 3.8) is 0 Å². The number of nitrogens with one attached hydrogen (secondary N) is 1. The highest BCUT2D eigenvalue weighted by atomic mass is 16.2. The average molecular weight is 278 g/mol. The molecule has 0 saturated carbocycles. The monoisotopic (exact) mass is 278 g/mol. The number of nitriles is 1. The molecule has 0 saturated heterocycles. The smallest absolute Gasteiger partial charge is 0.235 e. The number of nitrogens with zero attached hydrogens (tertiary/aromatic N) is 5. The predicted molar refractivity (Wildman–Crippen MR) is 74.3 cm³/mol. The van der Waals surface area contributed by atoms with Gasteiger partial charge in [-0.1, -0.05) is 13.8 Å². The van der Waals surface area contributed by atoms with Gasteiger partial charge in [0.05, 0.1) is 19.2 Å². The molecule has 0 fully saturated rings. The number of aromatic nitrogens is 3. The molecule has 20 heavy (non-hydrogen) atoms. The van der Waals surface area contributed by atoms with E-state index in [1.165, 1.54) is 6.33 Å². The molecule has 1 heterocycles. The van der Waals surface area contributed by atoms with Crippen LogP contribution in [0.15, 0.2) is 6.33 Å². The van der Waals surface area contributed by atoms with Gasteiger partial charge in [-0.25, -0.2) is 4.98 Å². The molecule has 0 spiro atoms. The zero-order valence-corrected chi connectivity index (χ0v) is 12.7. The second kappa shape index (κ2) is 6.48. The Kier molecular flexibility index (Phi) is 5.22. The van der Waals surface area contributed by atoms with Crippen LogP contribution < -0.4 is 5.32 Å². The Labute approximate surface area is 119 Å². The maximum Gasteiger partial charge on any atom is 0.235 e. The van der Waals surface area contributed by atoms with Crippen molar-refractivity contribution in [3.05, 3.63) is 12.2 Å². The second-order valence-electron chi connectivity index (χ2n) is 5.49. The SMILES string of the molecule is CC(C)C(C)(C#N)NC(=O)CN(C)Cc1ncnn1C. The standard InChI is InChI=1S/C13H22N6O/c1-10(2)13(3,8-14)17-12(20)7-18(4)6-11-15-9-16-19(11)5/h9-10H,6-7H2,1-5H3,(H,17,20). The fourth-order valence-corrected chi connectivity index (χ4v) is 1.64. The van der Waals surface area contributed by atoms with Crippen molar-refractivity contribution >= 4 is 5.91 Å². The third kappa shape index (κ3) is 4.03. The summed E-state index contributed by atoms with van der Waals surface area (Å²) >= 11 is 0. The Morgan fingerprint density at radius 2 is 2.30 bits per heavy atom. The number of amides is 1. The van der Waals surface area contributed by atoms with E-state index in [1.54, 1.807) is 11.6 Å². The van der Waals surface area contributed by atoms with Crippen LogP contribution in [0.25, 0.3) is 0 Å². The lowest BCUT2D eigenvalue weighted by Gasteiger charge is -2.28. The van der Waals surface area contributed by atoms with Gasteiger partial charge in [0.1, 0.15) is 17.7 Å². The predicted octanol–water partition coefficient (Wildman–Crippen LogP) is 0.301. The highest BCUT2D eigenvalue weighted by molar-refractivity contribution is 5.79. The van der Waals surface area contributed by atoms with Gasteiger partial charge in [-0.05, 0) is 19.9 Å². The maximum absolute atomic E-state index is 12.0. The molecule has 1 unspecified atom stereocenters. The van der Waals surface area contributed by atoms with Gasteiger partial charge in [-0.15, -0.1) is 0 Å². The van der Waals surface area contributed by atoms with Gasteiger partial charge in [0.25, 0.3) is 0 Å². The van der Waals surface area contributed by atoms with Gasteiger partial charge >= 0.3 is 0 Å². The van der Waals surface area contributed by atoms with Gasteiger partial charge < -0.3 is 5.32 Å². The largest absolute Gasteiger partial charge is 0.337 e. The second-order valence-corrected chi connectivity index (χ2v) is 5.49. The molecule has 1 N–H and O–H groups in total. The zero-order valence-electron chi connectivity index (χ0n) is 12.7. The Morgan fingerprint density at radius 3 is 2.75 bits per heavy atom. The summed E-state index contributed by atoms with van der Waals surface area (Å²) in [6, 6.07) is 2.16. The van der Waals surface area contributed by atoms with E-state index in [9.17, 15) is 10.1 Å². The molecule has 0 aliphatic heterocycles. The molecule has 1 aromatic rings. The zero-order chi connectivity index (χ0) is 15.3. The molecule has 1 rings (SSSR count). The van der Waals surface area contributed by atoms with Gasteiger partial charge in [0, 0.05) is 7.05 Å². The van der Waals surface area contributed by atoms with E-state index in [0.717, 1.165) is 5.82 Å². The summed E-state index contributed by atoms with van der Waals surface area (Å²) in [4.78, 5) is 17.9. The van der Waals surface area contributed by atoms with E-state index in [2.05, 4.69) is 21.5 Å². The Morgan fingerprint density at radius 1 is 1.65 bits per heavy atom. The third-order valence-electron chi connectivity index (χ3n) is 3.42. The first-order chi connectivity index (χ1) is 9.28. The quantitative estimate of drug-likeness (QED) is 0.808. The molecule has 7 nitrogen and oxygen atoms in total. The molecular formula is C13H22N6O. The molecule has 0 aliphatic rings. The molecule has 1 atom stereocenters. The number of hydrogen-bond donors (Lipinski definition) is 1. The van der Waals surface area contributed by atoms with Crippen LogP contribution in [0.4, 0.5) is 0 Å². The molecule has 7 heteroatoms. The lowest BCUT2D eigenvalue weighted by Crippen LogP contribution is -2.51. The van der Waals surface area contributed by atoms with Crippen molar-refractivity contribution in [2.45, 2.75) is 32.9 Å². The van der Waals surface area contributed by atoms with E-state index < -0.39 is 5.54 Å². The topological polar surface area (TPSA) is 86.8 Å². The van der Waals surface area contributed by atoms with Gasteiger partial charge in [0.15, 0.2) is 0 Å². The average Bonchev–Trinajstić information content (AvgIpc) is 2.74. The Bertz CT molecular complexity index is 503. The van der Waals surface area contributed by atoms with E-state index in [1.807, 2.05) is 32.8 Å². The highest BCUT2D eigenvalue weighted by Crippen LogP contribution is 2.14. The molecular weight excluding hydrogens is 256 g/mol. The van der Waals surface area contributed by atoms with Crippen LogP contribution in [-0.4, -0.2) is 44.7 Å². The molecule has 0 bridgehead atoms. The minimum absolute atomic E-state index is 0.0421. The molecule has 0 aliphatic carbocycles. The fourth-order valence-electron chi connectivity index (χ4n) is 1.64. The Balaban J connectivity index is 2.54. The first-order valence-corrected chi connectivity index (χ1v) is 6.52. The normalized spacial score (nSPS) is 14.1. The molecule has 0 radical (unpaired) electrons. The highest BCUT2D eigenvalue weighted by Gasteiger charge is 2.30. The van der Waals surface area contributed by atoms with Crippen LogP contribution >= 0.6 is 0 Å². The summed E-state index contributed by atoms with van der Waals surface area (Å²) in [5, 5.41) is 15.9. The van der Waals surface area contributed by atoms with Crippen molar-refractivity contribution in [3.8, 4) is 6.07 Å². The summed E-state index contributed by atoms with van der Waals surface area (Å²) in [6.07, 6.45) is 1.48. The van der Waals surface area contributed by atoms with E-state index in [-0.39, 0.29) is 18.4 Å². The fraction of sp³-hybridized carbons (Fsp3) is 0.692. The van der Waals surface area contributed by atoms with Gasteiger partial charge in [0.2, 0.25) is 5.91 Å². The molecule has 0 aromatic carbocycles. The van der Waals surface area contributed by atoms with Crippen LogP contribution in [0.1, 0.15) is 26.6 Å². The summed E-state index contributed by atoms with van der Waals surface area (Å²) in [5.74, 6) is 0.653. The van der Waals surface area contributed by atoms with Crippen LogP contribution in [0.3, 0.4) is 0 Å². The van der Waals surface area contributed by atoms with E-state index in [0.29, 0.717) is 6.54 Å². The van der Waals surface area contributed by atoms with Crippen LogP contribution in [-0.2, 0) is 18.4 Å². The van der Waals surface area contributed by atoms with Crippen molar-refractivity contribution in [1.29, 1.82) is 5.26 Å². The number of hydrogen-bond acceptors (Lipinski definition) is 5. The number of rotatable bonds is 6. The van der Waals surface area contributed by atoms with Gasteiger partial charge in [-0.2, -0.15) is 10.4 Å². The summed E-state index contributed by atoms with van der Waals surface area (Å²) in [5.41, 5.74) is -0.845. The van der Waals surface area contributed by atoms with E-state index in [4.69, 9.17) is 0 Å². The molecule has 1 amide bonds. The lowest BCUT2D eigenvalue weighted by molar-refractivity contribution is -0.123. The maximum atomic E-state index is 12.0. The first-order valence-electron chi connectivity index (χ1n) is 6.52. The summed E-state index contributed by atoms with van der Waals surface area (Å²) in [6.45, 7) is 6.28. The third-order valence-corrected chi connectivity index (χ3v) is 3.42. The van der Waals surface area contributed by atoms with Crippen molar-refractivity contribution < 1.29 is 4.79 Å². The first kappa shape index (κ1) is 16.1. The number of aryl methyl sites for hydroxylation is 1. The van der Waals surface area contributed by atoms with Crippen LogP contribution in [0.2, 0.25) is 0 Å². The number of carbonyl (C=O) groups excluding carboxylic acids is 1. The lowest BCUT2D eigenvalue weighted by atomic mass is 9.90. The van der Waals surface area contributed by atoms with Crippen LogP contribution in [0, 0.1) is 17.2 Å². The van der Waals surface area contributed by atoms with Crippen LogP contribution in [0.5, 0.6) is 0 Å². The number of carbonyl (C=O) groups is 1. The molecule has 1 aromatic heterocycles. The Hall–Kier alpha value is -1.94.